The largest absolute Gasteiger partial charge is 0.385 e. The van der Waals surface area contributed by atoms with Crippen molar-refractivity contribution in [1.29, 1.82) is 0 Å². The van der Waals surface area contributed by atoms with E-state index in [4.69, 9.17) is 5.11 Å². The molecule has 0 aliphatic heterocycles. The first kappa shape index (κ1) is 10.3. The number of nitro groups is 1. The van der Waals surface area contributed by atoms with Crippen molar-refractivity contribution in [3.63, 3.8) is 0 Å². The molecule has 1 atom stereocenters. The molecule has 14 heavy (non-hydrogen) atoms. The molecule has 0 aromatic heterocycles. The molecule has 1 aromatic rings. The van der Waals surface area contributed by atoms with E-state index in [2.05, 4.69) is 0 Å². The molecule has 1 aromatic carbocycles. The SMILES string of the molecule is CC(O)C(=O)c1cccc([N+](=O)[O-])c1. The summed E-state index contributed by atoms with van der Waals surface area (Å²) in [4.78, 5) is 21.0. The Bertz CT molecular complexity index is 373. The standard InChI is InChI=1S/C9H9NO4/c1-6(11)9(12)7-3-2-4-8(5-7)10(13)14/h2-6,11H,1H3. The second-order valence-corrected chi connectivity index (χ2v) is 2.85. The fourth-order valence-corrected chi connectivity index (χ4v) is 1.01. The van der Waals surface area contributed by atoms with Gasteiger partial charge in [0.1, 0.15) is 6.10 Å². The van der Waals surface area contributed by atoms with Crippen molar-refractivity contribution < 1.29 is 14.8 Å². The van der Waals surface area contributed by atoms with Crippen LogP contribution in [-0.2, 0) is 0 Å². The summed E-state index contributed by atoms with van der Waals surface area (Å²) in [7, 11) is 0. The van der Waals surface area contributed by atoms with Crippen LogP contribution in [0.4, 0.5) is 5.69 Å². The van der Waals surface area contributed by atoms with Crippen molar-refractivity contribution in [2.24, 2.45) is 0 Å². The van der Waals surface area contributed by atoms with Gasteiger partial charge >= 0.3 is 0 Å². The van der Waals surface area contributed by atoms with Gasteiger partial charge in [-0.15, -0.1) is 0 Å². The van der Waals surface area contributed by atoms with E-state index < -0.39 is 16.8 Å². The highest BCUT2D eigenvalue weighted by atomic mass is 16.6. The number of nitrogens with zero attached hydrogens (tertiary/aromatic N) is 1. The zero-order valence-electron chi connectivity index (χ0n) is 7.51. The number of aliphatic hydroxyl groups is 1. The molecule has 1 N–H and O–H groups in total. The van der Waals surface area contributed by atoms with E-state index in [9.17, 15) is 14.9 Å². The number of ketones is 1. The number of rotatable bonds is 3. The maximum atomic E-state index is 11.2. The summed E-state index contributed by atoms with van der Waals surface area (Å²) in [6.07, 6.45) is -1.14. The minimum Gasteiger partial charge on any atom is -0.385 e. The summed E-state index contributed by atoms with van der Waals surface area (Å²) in [5, 5.41) is 19.4. The molecule has 5 nitrogen and oxygen atoms in total. The summed E-state index contributed by atoms with van der Waals surface area (Å²) in [5.74, 6) is -0.520. The Morgan fingerprint density at radius 1 is 1.57 bits per heavy atom. The lowest BCUT2D eigenvalue weighted by molar-refractivity contribution is -0.384. The third-order valence-electron chi connectivity index (χ3n) is 1.72. The van der Waals surface area contributed by atoms with Crippen molar-refractivity contribution in [2.75, 3.05) is 0 Å². The van der Waals surface area contributed by atoms with Crippen LogP contribution in [0.25, 0.3) is 0 Å². The van der Waals surface area contributed by atoms with Crippen molar-refractivity contribution in [2.45, 2.75) is 13.0 Å². The monoisotopic (exact) mass is 195 g/mol. The van der Waals surface area contributed by atoms with Crippen molar-refractivity contribution in [3.8, 4) is 0 Å². The number of benzene rings is 1. The molecule has 1 rings (SSSR count). The minimum absolute atomic E-state index is 0.147. The fraction of sp³-hybridized carbons (Fsp3) is 0.222. The molecule has 0 heterocycles. The molecule has 0 saturated heterocycles. The smallest absolute Gasteiger partial charge is 0.270 e. The molecule has 0 amide bonds. The lowest BCUT2D eigenvalue weighted by Crippen LogP contribution is -2.16. The molecule has 1 unspecified atom stereocenters. The normalized spacial score (nSPS) is 12.1. The summed E-state index contributed by atoms with van der Waals surface area (Å²) < 4.78 is 0. The molecule has 0 saturated carbocycles. The third-order valence-corrected chi connectivity index (χ3v) is 1.72. The van der Waals surface area contributed by atoms with Gasteiger partial charge in [0.15, 0.2) is 5.78 Å². The zero-order chi connectivity index (χ0) is 10.7. The van der Waals surface area contributed by atoms with Crippen molar-refractivity contribution >= 4 is 11.5 Å². The van der Waals surface area contributed by atoms with Gasteiger partial charge in [-0.1, -0.05) is 12.1 Å². The van der Waals surface area contributed by atoms with Crippen LogP contribution >= 0.6 is 0 Å². The van der Waals surface area contributed by atoms with Gasteiger partial charge in [0.2, 0.25) is 0 Å². The van der Waals surface area contributed by atoms with Crippen LogP contribution in [0.5, 0.6) is 0 Å². The number of hydrogen-bond acceptors (Lipinski definition) is 4. The molecule has 74 valence electrons. The molecule has 0 spiro atoms. The molecular formula is C9H9NO4. The van der Waals surface area contributed by atoms with Crippen LogP contribution in [0.2, 0.25) is 0 Å². The van der Waals surface area contributed by atoms with Crippen LogP contribution in [0.1, 0.15) is 17.3 Å². The van der Waals surface area contributed by atoms with Crippen LogP contribution in [0, 0.1) is 10.1 Å². The van der Waals surface area contributed by atoms with E-state index in [-0.39, 0.29) is 11.3 Å². The van der Waals surface area contributed by atoms with E-state index in [0.717, 1.165) is 6.07 Å². The van der Waals surface area contributed by atoms with Crippen LogP contribution in [-0.4, -0.2) is 21.9 Å². The van der Waals surface area contributed by atoms with Gasteiger partial charge in [-0.3, -0.25) is 14.9 Å². The number of non-ortho nitro benzene ring substituents is 1. The Morgan fingerprint density at radius 3 is 2.71 bits per heavy atom. The first-order valence-electron chi connectivity index (χ1n) is 3.99. The topological polar surface area (TPSA) is 80.4 Å². The summed E-state index contributed by atoms with van der Waals surface area (Å²) in [6, 6.07) is 5.28. The van der Waals surface area contributed by atoms with Gasteiger partial charge in [-0.05, 0) is 6.92 Å². The summed E-state index contributed by atoms with van der Waals surface area (Å²) in [5.41, 5.74) is -0.00861. The number of carbonyl (C=O) groups is 1. The van der Waals surface area contributed by atoms with E-state index in [1.165, 1.54) is 25.1 Å². The first-order valence-corrected chi connectivity index (χ1v) is 3.99. The highest BCUT2D eigenvalue weighted by Crippen LogP contribution is 2.14. The van der Waals surface area contributed by atoms with Crippen LogP contribution in [0.15, 0.2) is 24.3 Å². The number of aliphatic hydroxyl groups excluding tert-OH is 1. The highest BCUT2D eigenvalue weighted by Gasteiger charge is 2.14. The Kier molecular flexibility index (Phi) is 2.93. The Balaban J connectivity index is 3.06. The number of nitro benzene ring substituents is 1. The number of hydrogen-bond donors (Lipinski definition) is 1. The van der Waals surface area contributed by atoms with Crippen LogP contribution in [0.3, 0.4) is 0 Å². The van der Waals surface area contributed by atoms with Crippen molar-refractivity contribution in [1.82, 2.24) is 0 Å². The molecule has 0 aliphatic rings. The molecule has 0 aliphatic carbocycles. The van der Waals surface area contributed by atoms with Gasteiger partial charge in [0.05, 0.1) is 4.92 Å². The first-order chi connectivity index (χ1) is 6.52. The van der Waals surface area contributed by atoms with Gasteiger partial charge in [0.25, 0.3) is 5.69 Å². The van der Waals surface area contributed by atoms with Gasteiger partial charge < -0.3 is 5.11 Å². The van der Waals surface area contributed by atoms with E-state index >= 15 is 0 Å². The average Bonchev–Trinajstić information content (AvgIpc) is 2.16. The third kappa shape index (κ3) is 2.14. The van der Waals surface area contributed by atoms with E-state index in [1.54, 1.807) is 0 Å². The molecule has 0 fully saturated rings. The average molecular weight is 195 g/mol. The second-order valence-electron chi connectivity index (χ2n) is 2.85. The lowest BCUT2D eigenvalue weighted by Gasteiger charge is -2.02. The van der Waals surface area contributed by atoms with Gasteiger partial charge in [0, 0.05) is 17.7 Å². The summed E-state index contributed by atoms with van der Waals surface area (Å²) in [6.45, 7) is 1.32. The fourth-order valence-electron chi connectivity index (χ4n) is 1.01. The molecule has 0 bridgehead atoms. The summed E-state index contributed by atoms with van der Waals surface area (Å²) >= 11 is 0. The predicted molar refractivity (Wildman–Crippen MR) is 49.1 cm³/mol. The van der Waals surface area contributed by atoms with Gasteiger partial charge in [-0.2, -0.15) is 0 Å². The van der Waals surface area contributed by atoms with Gasteiger partial charge in [-0.25, -0.2) is 0 Å². The number of carbonyl (C=O) groups excluding carboxylic acids is 1. The lowest BCUT2D eigenvalue weighted by atomic mass is 10.1. The second kappa shape index (κ2) is 3.97. The Morgan fingerprint density at radius 2 is 2.21 bits per heavy atom. The minimum atomic E-state index is -1.14. The van der Waals surface area contributed by atoms with Crippen LogP contribution < -0.4 is 0 Å². The number of Topliss-reactive ketones (excluding diaryl/α,β-unsaturated/α-hetero) is 1. The Hall–Kier alpha value is -1.75. The zero-order valence-corrected chi connectivity index (χ0v) is 7.51. The molecule has 0 radical (unpaired) electrons. The molecular weight excluding hydrogens is 186 g/mol. The van der Waals surface area contributed by atoms with Crippen molar-refractivity contribution in [3.05, 3.63) is 39.9 Å². The predicted octanol–water partition coefficient (Wildman–Crippen LogP) is 1.16. The molecule has 5 heteroatoms. The maximum absolute atomic E-state index is 11.2. The van der Waals surface area contributed by atoms with E-state index in [0.29, 0.717) is 0 Å². The highest BCUT2D eigenvalue weighted by molar-refractivity contribution is 5.99. The van der Waals surface area contributed by atoms with E-state index in [1.807, 2.05) is 0 Å². The maximum Gasteiger partial charge on any atom is 0.270 e. The quantitative estimate of drug-likeness (QED) is 0.445. The Labute approximate surface area is 80.1 Å².